The number of hydrogen-bond acceptors (Lipinski definition) is 3. The Bertz CT molecular complexity index is 365. The molecule has 1 amide bonds. The Morgan fingerprint density at radius 2 is 2.50 bits per heavy atom. The molecule has 2 N–H and O–H groups in total. The van der Waals surface area contributed by atoms with E-state index in [0.717, 1.165) is 17.9 Å². The van der Waals surface area contributed by atoms with Crippen molar-refractivity contribution in [1.82, 2.24) is 4.98 Å². The first-order valence-electron chi connectivity index (χ1n) is 4.51. The predicted molar refractivity (Wildman–Crippen MR) is 50.8 cm³/mol. The maximum Gasteiger partial charge on any atom is 0.221 e. The van der Waals surface area contributed by atoms with E-state index in [0.29, 0.717) is 0 Å². The fraction of sp³-hybridized carbons (Fsp3) is 0.400. The van der Waals surface area contributed by atoms with Crippen molar-refractivity contribution in [1.29, 1.82) is 0 Å². The summed E-state index contributed by atoms with van der Waals surface area (Å²) in [6, 6.07) is 3.64. The summed E-state index contributed by atoms with van der Waals surface area (Å²) in [5.41, 5.74) is 6.09. The average molecular weight is 192 g/mol. The predicted octanol–water partition coefficient (Wildman–Crippen LogP) is 0.679. The molecule has 4 heteroatoms. The second-order valence-electron chi connectivity index (χ2n) is 3.47. The fourth-order valence-corrected chi connectivity index (χ4v) is 1.59. The third-order valence-electron chi connectivity index (χ3n) is 2.52. The molecular weight excluding hydrogens is 180 g/mol. The molecule has 1 heterocycles. The summed E-state index contributed by atoms with van der Waals surface area (Å²) in [5, 5.41) is 0. The minimum Gasteiger partial charge on any atom is -0.497 e. The number of nitrogens with two attached hydrogens (primary N) is 1. The van der Waals surface area contributed by atoms with E-state index in [1.54, 1.807) is 19.4 Å². The Morgan fingerprint density at radius 3 is 3.07 bits per heavy atom. The van der Waals surface area contributed by atoms with Crippen molar-refractivity contribution in [3.05, 3.63) is 24.0 Å². The van der Waals surface area contributed by atoms with Crippen molar-refractivity contribution in [2.45, 2.75) is 12.3 Å². The number of nitrogens with zero attached hydrogens (tertiary/aromatic N) is 1. The zero-order chi connectivity index (χ0) is 10.1. The van der Waals surface area contributed by atoms with Gasteiger partial charge in [0.15, 0.2) is 0 Å². The van der Waals surface area contributed by atoms with Gasteiger partial charge in [-0.2, -0.15) is 0 Å². The molecule has 0 aliphatic heterocycles. The van der Waals surface area contributed by atoms with Gasteiger partial charge in [-0.3, -0.25) is 9.78 Å². The molecule has 1 aromatic rings. The third-order valence-corrected chi connectivity index (χ3v) is 2.52. The van der Waals surface area contributed by atoms with Crippen LogP contribution in [0.25, 0.3) is 0 Å². The van der Waals surface area contributed by atoms with Gasteiger partial charge in [-0.1, -0.05) is 0 Å². The molecule has 1 aliphatic carbocycles. The first-order valence-corrected chi connectivity index (χ1v) is 4.51. The molecule has 4 nitrogen and oxygen atoms in total. The van der Waals surface area contributed by atoms with Crippen molar-refractivity contribution in [3.8, 4) is 5.75 Å². The summed E-state index contributed by atoms with van der Waals surface area (Å²) in [7, 11) is 1.61. The second kappa shape index (κ2) is 3.29. The van der Waals surface area contributed by atoms with Crippen LogP contribution in [-0.4, -0.2) is 18.0 Å². The summed E-state index contributed by atoms with van der Waals surface area (Å²) in [6.07, 6.45) is 2.50. The number of methoxy groups -OCH3 is 1. The summed E-state index contributed by atoms with van der Waals surface area (Å²) < 4.78 is 5.07. The van der Waals surface area contributed by atoms with Crippen LogP contribution >= 0.6 is 0 Å². The maximum atomic E-state index is 10.9. The average Bonchev–Trinajstić information content (AvgIpc) is 2.97. The second-order valence-corrected chi connectivity index (χ2v) is 3.47. The van der Waals surface area contributed by atoms with Crippen LogP contribution in [0.1, 0.15) is 18.0 Å². The molecular formula is C10H12N2O2. The van der Waals surface area contributed by atoms with E-state index in [4.69, 9.17) is 10.5 Å². The monoisotopic (exact) mass is 192 g/mol. The van der Waals surface area contributed by atoms with Crippen LogP contribution in [0.15, 0.2) is 18.3 Å². The lowest BCUT2D eigenvalue weighted by molar-refractivity contribution is -0.119. The van der Waals surface area contributed by atoms with Gasteiger partial charge in [-0.15, -0.1) is 0 Å². The summed E-state index contributed by atoms with van der Waals surface area (Å²) in [4.78, 5) is 15.1. The highest BCUT2D eigenvalue weighted by atomic mass is 16.5. The molecule has 0 unspecified atom stereocenters. The van der Waals surface area contributed by atoms with Crippen molar-refractivity contribution < 1.29 is 9.53 Å². The first-order chi connectivity index (χ1) is 6.72. The number of hydrogen-bond donors (Lipinski definition) is 1. The molecule has 2 atom stereocenters. The molecule has 1 saturated carbocycles. The summed E-state index contributed by atoms with van der Waals surface area (Å²) >= 11 is 0. The molecule has 0 saturated heterocycles. The van der Waals surface area contributed by atoms with Crippen LogP contribution in [0.2, 0.25) is 0 Å². The van der Waals surface area contributed by atoms with Crippen LogP contribution in [0.3, 0.4) is 0 Å². The van der Waals surface area contributed by atoms with Gasteiger partial charge >= 0.3 is 0 Å². The molecule has 0 bridgehead atoms. The van der Waals surface area contributed by atoms with E-state index in [2.05, 4.69) is 4.98 Å². The van der Waals surface area contributed by atoms with Gasteiger partial charge in [0, 0.05) is 29.8 Å². The number of carbonyl (C=O) groups is 1. The topological polar surface area (TPSA) is 65.2 Å². The molecule has 2 rings (SSSR count). The van der Waals surface area contributed by atoms with E-state index >= 15 is 0 Å². The number of carbonyl (C=O) groups excluding carboxylic acids is 1. The highest BCUT2D eigenvalue weighted by Crippen LogP contribution is 2.46. The molecule has 14 heavy (non-hydrogen) atoms. The van der Waals surface area contributed by atoms with Gasteiger partial charge in [-0.05, 0) is 12.5 Å². The van der Waals surface area contributed by atoms with Crippen LogP contribution in [0, 0.1) is 5.92 Å². The van der Waals surface area contributed by atoms with Gasteiger partial charge in [-0.25, -0.2) is 0 Å². The largest absolute Gasteiger partial charge is 0.497 e. The van der Waals surface area contributed by atoms with Crippen LogP contribution < -0.4 is 10.5 Å². The zero-order valence-corrected chi connectivity index (χ0v) is 7.93. The zero-order valence-electron chi connectivity index (χ0n) is 7.93. The van der Waals surface area contributed by atoms with Gasteiger partial charge in [0.25, 0.3) is 0 Å². The molecule has 1 aromatic heterocycles. The van der Waals surface area contributed by atoms with Crippen molar-refractivity contribution in [2.75, 3.05) is 7.11 Å². The van der Waals surface area contributed by atoms with Crippen molar-refractivity contribution >= 4 is 5.91 Å². The lowest BCUT2D eigenvalue weighted by Crippen LogP contribution is -2.13. The van der Waals surface area contributed by atoms with E-state index in [-0.39, 0.29) is 17.7 Å². The van der Waals surface area contributed by atoms with Crippen LogP contribution in [0.4, 0.5) is 0 Å². The lowest BCUT2D eigenvalue weighted by atomic mass is 10.2. The number of pyridine rings is 1. The Balaban J connectivity index is 2.15. The SMILES string of the molecule is COc1ccnc([C@H]2C[C@@H]2C(N)=O)c1. The fourth-order valence-electron chi connectivity index (χ4n) is 1.59. The van der Waals surface area contributed by atoms with Crippen molar-refractivity contribution in [3.63, 3.8) is 0 Å². The van der Waals surface area contributed by atoms with E-state index < -0.39 is 0 Å². The molecule has 74 valence electrons. The highest BCUT2D eigenvalue weighted by molar-refractivity contribution is 5.80. The molecule has 0 spiro atoms. The number of ether oxygens (including phenoxy) is 1. The minimum absolute atomic E-state index is 0.0328. The highest BCUT2D eigenvalue weighted by Gasteiger charge is 2.43. The Labute approximate surface area is 82.1 Å². The Hall–Kier alpha value is -1.58. The maximum absolute atomic E-state index is 10.9. The summed E-state index contributed by atoms with van der Waals surface area (Å²) in [6.45, 7) is 0. The van der Waals surface area contributed by atoms with Crippen molar-refractivity contribution in [2.24, 2.45) is 11.7 Å². The molecule has 1 aliphatic rings. The smallest absolute Gasteiger partial charge is 0.221 e. The normalized spacial score (nSPS) is 24.4. The number of rotatable bonds is 3. The van der Waals surface area contributed by atoms with Gasteiger partial charge < -0.3 is 10.5 Å². The third kappa shape index (κ3) is 1.55. The Morgan fingerprint density at radius 1 is 1.71 bits per heavy atom. The number of amides is 1. The van der Waals surface area contributed by atoms with E-state index in [1.165, 1.54) is 0 Å². The van der Waals surface area contributed by atoms with Crippen LogP contribution in [-0.2, 0) is 4.79 Å². The first kappa shape index (κ1) is 8.99. The Kier molecular flexibility index (Phi) is 2.11. The quantitative estimate of drug-likeness (QED) is 0.765. The van der Waals surface area contributed by atoms with Gasteiger partial charge in [0.1, 0.15) is 5.75 Å². The van der Waals surface area contributed by atoms with Crippen LogP contribution in [0.5, 0.6) is 5.75 Å². The van der Waals surface area contributed by atoms with E-state index in [1.807, 2.05) is 6.07 Å². The minimum atomic E-state index is -0.236. The molecule has 1 fully saturated rings. The van der Waals surface area contributed by atoms with E-state index in [9.17, 15) is 4.79 Å². The van der Waals surface area contributed by atoms with Gasteiger partial charge in [0.2, 0.25) is 5.91 Å². The number of primary amides is 1. The molecule has 0 aromatic carbocycles. The lowest BCUT2D eigenvalue weighted by Gasteiger charge is -2.01. The summed E-state index contributed by atoms with van der Waals surface area (Å²) in [5.74, 6) is 0.696. The van der Waals surface area contributed by atoms with Gasteiger partial charge in [0.05, 0.1) is 7.11 Å². The standard InChI is InChI=1S/C10H12N2O2/c1-14-6-2-3-12-9(4-6)7-5-8(7)10(11)13/h2-4,7-8H,5H2,1H3,(H2,11,13)/t7-,8-/m0/s1. The number of aromatic nitrogens is 1. The molecule has 0 radical (unpaired) electrons.